The standard InChI is InChI=1S/C14H19N3/c1-3-4-12-5-7-13(8-6-12)11(2)17-14-9-15-16-10-14/h5-11,17H,3-4H2,1-2H3,(H,15,16). The maximum atomic E-state index is 3.92. The number of aryl methyl sites for hydroxylation is 1. The van der Waals surface area contributed by atoms with Gasteiger partial charge in [-0.25, -0.2) is 0 Å². The summed E-state index contributed by atoms with van der Waals surface area (Å²) in [5, 5.41) is 10.1. The van der Waals surface area contributed by atoms with Gasteiger partial charge < -0.3 is 5.32 Å². The molecule has 0 spiro atoms. The highest BCUT2D eigenvalue weighted by Gasteiger charge is 2.05. The molecule has 0 bridgehead atoms. The van der Waals surface area contributed by atoms with Crippen molar-refractivity contribution < 1.29 is 0 Å². The molecule has 3 heteroatoms. The van der Waals surface area contributed by atoms with Crippen LogP contribution in [0.2, 0.25) is 0 Å². The number of benzene rings is 1. The Morgan fingerprint density at radius 1 is 1.29 bits per heavy atom. The second-order valence-electron chi connectivity index (χ2n) is 4.34. The summed E-state index contributed by atoms with van der Waals surface area (Å²) in [7, 11) is 0. The minimum absolute atomic E-state index is 0.295. The lowest BCUT2D eigenvalue weighted by molar-refractivity contribution is 0.876. The zero-order chi connectivity index (χ0) is 12.1. The van der Waals surface area contributed by atoms with E-state index in [-0.39, 0.29) is 0 Å². The van der Waals surface area contributed by atoms with Crippen molar-refractivity contribution in [3.8, 4) is 0 Å². The first-order valence-corrected chi connectivity index (χ1v) is 6.13. The summed E-state index contributed by atoms with van der Waals surface area (Å²) in [5.74, 6) is 0. The van der Waals surface area contributed by atoms with Crippen molar-refractivity contribution in [2.75, 3.05) is 5.32 Å². The molecule has 3 nitrogen and oxygen atoms in total. The Labute approximate surface area is 102 Å². The summed E-state index contributed by atoms with van der Waals surface area (Å²) in [6.07, 6.45) is 6.01. The number of hydrogen-bond acceptors (Lipinski definition) is 2. The van der Waals surface area contributed by atoms with Gasteiger partial charge in [-0.15, -0.1) is 0 Å². The van der Waals surface area contributed by atoms with E-state index >= 15 is 0 Å². The van der Waals surface area contributed by atoms with E-state index in [0.717, 1.165) is 12.1 Å². The fraction of sp³-hybridized carbons (Fsp3) is 0.357. The van der Waals surface area contributed by atoms with Gasteiger partial charge in [-0.3, -0.25) is 5.10 Å². The first-order valence-electron chi connectivity index (χ1n) is 6.13. The van der Waals surface area contributed by atoms with Crippen LogP contribution >= 0.6 is 0 Å². The van der Waals surface area contributed by atoms with Gasteiger partial charge in [0, 0.05) is 12.2 Å². The number of nitrogens with one attached hydrogen (secondary N) is 2. The molecule has 0 radical (unpaired) electrons. The summed E-state index contributed by atoms with van der Waals surface area (Å²) in [6, 6.07) is 9.12. The smallest absolute Gasteiger partial charge is 0.0728 e. The van der Waals surface area contributed by atoms with Gasteiger partial charge in [-0.1, -0.05) is 37.6 Å². The third-order valence-corrected chi connectivity index (χ3v) is 2.90. The van der Waals surface area contributed by atoms with Crippen molar-refractivity contribution in [2.45, 2.75) is 32.7 Å². The van der Waals surface area contributed by atoms with Gasteiger partial charge in [0.05, 0.1) is 11.9 Å². The van der Waals surface area contributed by atoms with Crippen LogP contribution in [0.3, 0.4) is 0 Å². The number of hydrogen-bond donors (Lipinski definition) is 2. The van der Waals surface area contributed by atoms with Crippen LogP contribution < -0.4 is 5.32 Å². The first kappa shape index (κ1) is 11.7. The molecular weight excluding hydrogens is 210 g/mol. The van der Waals surface area contributed by atoms with Gasteiger partial charge in [0.1, 0.15) is 0 Å². The van der Waals surface area contributed by atoms with Gasteiger partial charge >= 0.3 is 0 Å². The second kappa shape index (κ2) is 5.53. The van der Waals surface area contributed by atoms with Crippen LogP contribution in [0, 0.1) is 0 Å². The monoisotopic (exact) mass is 229 g/mol. The van der Waals surface area contributed by atoms with E-state index in [2.05, 4.69) is 53.6 Å². The molecular formula is C14H19N3. The van der Waals surface area contributed by atoms with Crippen molar-refractivity contribution in [3.05, 3.63) is 47.8 Å². The molecule has 1 heterocycles. The van der Waals surface area contributed by atoms with Crippen molar-refractivity contribution in [3.63, 3.8) is 0 Å². The molecule has 1 atom stereocenters. The Hall–Kier alpha value is -1.77. The summed E-state index contributed by atoms with van der Waals surface area (Å²) >= 11 is 0. The topological polar surface area (TPSA) is 40.7 Å². The minimum atomic E-state index is 0.295. The van der Waals surface area contributed by atoms with Crippen LogP contribution in [-0.4, -0.2) is 10.2 Å². The predicted octanol–water partition coefficient (Wildman–Crippen LogP) is 3.54. The van der Waals surface area contributed by atoms with Gasteiger partial charge in [0.2, 0.25) is 0 Å². The first-order chi connectivity index (χ1) is 8.29. The maximum absolute atomic E-state index is 3.92. The van der Waals surface area contributed by atoms with Crippen LogP contribution in [-0.2, 0) is 6.42 Å². The van der Waals surface area contributed by atoms with Gasteiger partial charge in [-0.05, 0) is 24.5 Å². The van der Waals surface area contributed by atoms with Crippen molar-refractivity contribution in [1.29, 1.82) is 0 Å². The summed E-state index contributed by atoms with van der Waals surface area (Å²) < 4.78 is 0. The number of H-pyrrole nitrogens is 1. The van der Waals surface area contributed by atoms with Crippen molar-refractivity contribution in [1.82, 2.24) is 10.2 Å². The molecule has 0 amide bonds. The van der Waals surface area contributed by atoms with E-state index < -0.39 is 0 Å². The Kier molecular flexibility index (Phi) is 3.81. The summed E-state index contributed by atoms with van der Waals surface area (Å²) in [6.45, 7) is 4.36. The molecule has 1 aromatic heterocycles. The molecule has 1 unspecified atom stereocenters. The molecule has 1 aromatic carbocycles. The third kappa shape index (κ3) is 3.09. The van der Waals surface area contributed by atoms with Crippen molar-refractivity contribution in [2.24, 2.45) is 0 Å². The highest BCUT2D eigenvalue weighted by Crippen LogP contribution is 2.18. The SMILES string of the molecule is CCCc1ccc(C(C)Nc2cn[nH]c2)cc1. The molecule has 0 saturated carbocycles. The Morgan fingerprint density at radius 3 is 2.65 bits per heavy atom. The van der Waals surface area contributed by atoms with E-state index in [0.29, 0.717) is 6.04 Å². The fourth-order valence-electron chi connectivity index (χ4n) is 1.92. The molecule has 0 saturated heterocycles. The summed E-state index contributed by atoms with van der Waals surface area (Å²) in [4.78, 5) is 0. The fourth-order valence-corrected chi connectivity index (χ4v) is 1.92. The highest BCUT2D eigenvalue weighted by molar-refractivity contribution is 5.41. The van der Waals surface area contributed by atoms with Crippen LogP contribution in [0.1, 0.15) is 37.4 Å². The van der Waals surface area contributed by atoms with Gasteiger partial charge in [0.15, 0.2) is 0 Å². The molecule has 2 aromatic rings. The Morgan fingerprint density at radius 2 is 2.06 bits per heavy atom. The molecule has 0 aliphatic rings. The van der Waals surface area contributed by atoms with Crippen LogP contribution in [0.15, 0.2) is 36.7 Å². The minimum Gasteiger partial charge on any atom is -0.376 e. The number of nitrogens with zero attached hydrogens (tertiary/aromatic N) is 1. The molecule has 0 aliphatic carbocycles. The van der Waals surface area contributed by atoms with Gasteiger partial charge in [0.25, 0.3) is 0 Å². The van der Waals surface area contributed by atoms with E-state index in [1.54, 1.807) is 6.20 Å². The average molecular weight is 229 g/mol. The molecule has 0 aliphatic heterocycles. The largest absolute Gasteiger partial charge is 0.376 e. The number of anilines is 1. The average Bonchev–Trinajstić information content (AvgIpc) is 2.83. The zero-order valence-electron chi connectivity index (χ0n) is 10.4. The van der Waals surface area contributed by atoms with E-state index in [1.807, 2.05) is 6.20 Å². The molecule has 2 rings (SSSR count). The number of rotatable bonds is 5. The lowest BCUT2D eigenvalue weighted by atomic mass is 10.0. The van der Waals surface area contributed by atoms with Crippen LogP contribution in [0.4, 0.5) is 5.69 Å². The molecule has 0 fully saturated rings. The van der Waals surface area contributed by atoms with E-state index in [4.69, 9.17) is 0 Å². The van der Waals surface area contributed by atoms with Gasteiger partial charge in [-0.2, -0.15) is 5.10 Å². The lowest BCUT2D eigenvalue weighted by Gasteiger charge is -2.14. The maximum Gasteiger partial charge on any atom is 0.0728 e. The highest BCUT2D eigenvalue weighted by atomic mass is 15.1. The van der Waals surface area contributed by atoms with Crippen LogP contribution in [0.5, 0.6) is 0 Å². The van der Waals surface area contributed by atoms with E-state index in [9.17, 15) is 0 Å². The Balaban J connectivity index is 2.01. The Bertz CT molecular complexity index is 431. The van der Waals surface area contributed by atoms with E-state index in [1.165, 1.54) is 17.5 Å². The van der Waals surface area contributed by atoms with Crippen molar-refractivity contribution >= 4 is 5.69 Å². The normalized spacial score (nSPS) is 12.4. The zero-order valence-corrected chi connectivity index (χ0v) is 10.4. The number of aromatic nitrogens is 2. The molecule has 90 valence electrons. The molecule has 17 heavy (non-hydrogen) atoms. The number of aromatic amines is 1. The second-order valence-corrected chi connectivity index (χ2v) is 4.34. The van der Waals surface area contributed by atoms with Crippen LogP contribution in [0.25, 0.3) is 0 Å². The quantitative estimate of drug-likeness (QED) is 0.823. The molecule has 2 N–H and O–H groups in total. The predicted molar refractivity (Wildman–Crippen MR) is 71.1 cm³/mol. The summed E-state index contributed by atoms with van der Waals surface area (Å²) in [5.41, 5.74) is 3.73. The third-order valence-electron chi connectivity index (χ3n) is 2.90. The lowest BCUT2D eigenvalue weighted by Crippen LogP contribution is -2.05.